The number of benzene rings is 2. The lowest BCUT2D eigenvalue weighted by Gasteiger charge is -2.15. The fourth-order valence-corrected chi connectivity index (χ4v) is 3.30. The molecular weight excluding hydrogens is 395 g/mol. The number of carbonyl (C=O) groups is 1. The van der Waals surface area contributed by atoms with E-state index in [-0.39, 0.29) is 29.7 Å². The van der Waals surface area contributed by atoms with Crippen molar-refractivity contribution in [3.63, 3.8) is 0 Å². The van der Waals surface area contributed by atoms with E-state index < -0.39 is 5.91 Å². The van der Waals surface area contributed by atoms with Gasteiger partial charge in [-0.15, -0.1) is 0 Å². The molecule has 2 aromatic carbocycles. The summed E-state index contributed by atoms with van der Waals surface area (Å²) in [4.78, 5) is 21.3. The molecule has 31 heavy (non-hydrogen) atoms. The Hall–Kier alpha value is -4.00. The zero-order valence-corrected chi connectivity index (χ0v) is 16.9. The Labute approximate surface area is 178 Å². The van der Waals surface area contributed by atoms with Crippen LogP contribution in [0.1, 0.15) is 27.2 Å². The molecule has 3 N–H and O–H groups in total. The van der Waals surface area contributed by atoms with Crippen LogP contribution in [0.4, 0.5) is 10.2 Å². The minimum Gasteiger partial charge on any atom is -0.484 e. The van der Waals surface area contributed by atoms with Crippen LogP contribution >= 0.6 is 0 Å². The lowest BCUT2D eigenvalue weighted by atomic mass is 10.0. The Morgan fingerprint density at radius 3 is 2.52 bits per heavy atom. The molecule has 0 spiro atoms. The van der Waals surface area contributed by atoms with Crippen LogP contribution in [0.2, 0.25) is 0 Å². The zero-order chi connectivity index (χ0) is 21.8. The van der Waals surface area contributed by atoms with Crippen LogP contribution in [0, 0.1) is 5.82 Å². The number of hydrogen-bond acceptors (Lipinski definition) is 5. The molecule has 156 valence electrons. The third kappa shape index (κ3) is 4.45. The van der Waals surface area contributed by atoms with Crippen molar-refractivity contribution in [3.05, 3.63) is 95.1 Å². The molecule has 6 nitrogen and oxygen atoms in total. The Bertz CT molecular complexity index is 1230. The number of hydrogen-bond donors (Lipinski definition) is 2. The first-order valence-electron chi connectivity index (χ1n) is 9.76. The zero-order valence-electron chi connectivity index (χ0n) is 16.9. The summed E-state index contributed by atoms with van der Waals surface area (Å²) in [6, 6.07) is 17.8. The van der Waals surface area contributed by atoms with E-state index in [1.165, 1.54) is 19.2 Å². The number of nitrogens with zero attached hydrogens (tertiary/aromatic N) is 2. The van der Waals surface area contributed by atoms with Gasteiger partial charge in [0, 0.05) is 18.6 Å². The SMILES string of the molecule is CNC(=O)c1nc(N)c2cc(Cc3ccc(F)cc3)cnc2c1OCc1ccccc1. The van der Waals surface area contributed by atoms with Crippen molar-refractivity contribution < 1.29 is 13.9 Å². The predicted octanol–water partition coefficient (Wildman–Crippen LogP) is 3.88. The molecule has 0 saturated heterocycles. The predicted molar refractivity (Wildman–Crippen MR) is 117 cm³/mol. The average Bonchev–Trinajstić information content (AvgIpc) is 2.80. The molecule has 0 fully saturated rings. The number of anilines is 1. The van der Waals surface area contributed by atoms with E-state index in [1.807, 2.05) is 36.4 Å². The summed E-state index contributed by atoms with van der Waals surface area (Å²) in [6.45, 7) is 0.255. The van der Waals surface area contributed by atoms with Gasteiger partial charge in [0.2, 0.25) is 0 Å². The summed E-state index contributed by atoms with van der Waals surface area (Å²) in [5.74, 6) is -0.223. The maximum Gasteiger partial charge on any atom is 0.273 e. The molecule has 0 aliphatic heterocycles. The summed E-state index contributed by atoms with van der Waals surface area (Å²) in [5, 5.41) is 3.16. The van der Waals surface area contributed by atoms with Gasteiger partial charge in [-0.25, -0.2) is 9.37 Å². The Morgan fingerprint density at radius 1 is 1.06 bits per heavy atom. The number of ether oxygens (including phenoxy) is 1. The summed E-state index contributed by atoms with van der Waals surface area (Å²) >= 11 is 0. The van der Waals surface area contributed by atoms with E-state index in [4.69, 9.17) is 10.5 Å². The number of rotatable bonds is 6. The normalized spacial score (nSPS) is 10.8. The van der Waals surface area contributed by atoms with Crippen LogP contribution in [0.15, 0.2) is 66.9 Å². The molecule has 0 atom stereocenters. The van der Waals surface area contributed by atoms with Gasteiger partial charge < -0.3 is 15.8 Å². The highest BCUT2D eigenvalue weighted by Gasteiger charge is 2.21. The van der Waals surface area contributed by atoms with E-state index in [0.717, 1.165) is 16.7 Å². The number of nitrogens with two attached hydrogens (primary N) is 1. The van der Waals surface area contributed by atoms with E-state index in [1.54, 1.807) is 18.3 Å². The summed E-state index contributed by atoms with van der Waals surface area (Å²) in [7, 11) is 1.52. The number of fused-ring (bicyclic) bond motifs is 1. The van der Waals surface area contributed by atoms with Crippen molar-refractivity contribution in [3.8, 4) is 5.75 Å². The monoisotopic (exact) mass is 416 g/mol. The Balaban J connectivity index is 1.74. The molecule has 0 saturated carbocycles. The molecule has 0 aliphatic rings. The molecule has 0 unspecified atom stereocenters. The largest absolute Gasteiger partial charge is 0.484 e. The van der Waals surface area contributed by atoms with Gasteiger partial charge in [0.25, 0.3) is 5.91 Å². The molecule has 0 aliphatic carbocycles. The van der Waals surface area contributed by atoms with Gasteiger partial charge >= 0.3 is 0 Å². The Kier molecular flexibility index (Phi) is 5.75. The van der Waals surface area contributed by atoms with E-state index in [0.29, 0.717) is 17.3 Å². The number of aromatic nitrogens is 2. The minimum atomic E-state index is -0.408. The van der Waals surface area contributed by atoms with Crippen LogP contribution in [0.25, 0.3) is 10.9 Å². The van der Waals surface area contributed by atoms with Crippen molar-refractivity contribution in [2.24, 2.45) is 0 Å². The standard InChI is InChI=1S/C24H21FN4O2/c1-27-24(30)21-22(31-14-16-5-3-2-4-6-16)20-19(23(26)29-21)12-17(13-28-20)11-15-7-9-18(25)10-8-15/h2-10,12-13H,11,14H2,1H3,(H2,26,29)(H,27,30). The highest BCUT2D eigenvalue weighted by atomic mass is 19.1. The fourth-order valence-electron chi connectivity index (χ4n) is 3.30. The van der Waals surface area contributed by atoms with Crippen LogP contribution in [-0.4, -0.2) is 22.9 Å². The lowest BCUT2D eigenvalue weighted by Crippen LogP contribution is -2.21. The number of amides is 1. The van der Waals surface area contributed by atoms with Gasteiger partial charge in [0.15, 0.2) is 11.4 Å². The van der Waals surface area contributed by atoms with Crippen LogP contribution in [0.3, 0.4) is 0 Å². The first-order chi connectivity index (χ1) is 15.0. The molecule has 0 radical (unpaired) electrons. The second kappa shape index (κ2) is 8.79. The molecule has 4 aromatic rings. The second-order valence-corrected chi connectivity index (χ2v) is 7.07. The maximum atomic E-state index is 13.2. The van der Waals surface area contributed by atoms with Crippen molar-refractivity contribution >= 4 is 22.6 Å². The number of pyridine rings is 2. The molecule has 2 aromatic heterocycles. The molecule has 0 bridgehead atoms. The van der Waals surface area contributed by atoms with Gasteiger partial charge in [-0.1, -0.05) is 42.5 Å². The molecule has 7 heteroatoms. The Morgan fingerprint density at radius 2 is 1.81 bits per heavy atom. The summed E-state index contributed by atoms with van der Waals surface area (Å²) in [6.07, 6.45) is 2.26. The van der Waals surface area contributed by atoms with Crippen molar-refractivity contribution in [2.45, 2.75) is 13.0 Å². The number of halogens is 1. The topological polar surface area (TPSA) is 90.1 Å². The molecule has 2 heterocycles. The van der Waals surface area contributed by atoms with Crippen LogP contribution in [0.5, 0.6) is 5.75 Å². The van der Waals surface area contributed by atoms with Gasteiger partial charge in [-0.3, -0.25) is 9.78 Å². The first kappa shape index (κ1) is 20.3. The highest BCUT2D eigenvalue weighted by molar-refractivity contribution is 6.03. The molecular formula is C24H21FN4O2. The third-order valence-corrected chi connectivity index (χ3v) is 4.87. The maximum absolute atomic E-state index is 13.2. The van der Waals surface area contributed by atoms with E-state index >= 15 is 0 Å². The number of carbonyl (C=O) groups excluding carboxylic acids is 1. The lowest BCUT2D eigenvalue weighted by molar-refractivity contribution is 0.0953. The number of nitrogen functional groups attached to an aromatic ring is 1. The van der Waals surface area contributed by atoms with Gasteiger partial charge in [0.05, 0.1) is 0 Å². The van der Waals surface area contributed by atoms with Gasteiger partial charge in [0.1, 0.15) is 23.8 Å². The second-order valence-electron chi connectivity index (χ2n) is 7.07. The van der Waals surface area contributed by atoms with Crippen LogP contribution < -0.4 is 15.8 Å². The summed E-state index contributed by atoms with van der Waals surface area (Å²) < 4.78 is 19.2. The third-order valence-electron chi connectivity index (χ3n) is 4.87. The van der Waals surface area contributed by atoms with Crippen molar-refractivity contribution in [1.82, 2.24) is 15.3 Å². The number of nitrogens with one attached hydrogen (secondary N) is 1. The first-order valence-corrected chi connectivity index (χ1v) is 9.76. The average molecular weight is 416 g/mol. The quantitative estimate of drug-likeness (QED) is 0.498. The highest BCUT2D eigenvalue weighted by Crippen LogP contribution is 2.32. The fraction of sp³-hybridized carbons (Fsp3) is 0.125. The summed E-state index contributed by atoms with van der Waals surface area (Å²) in [5.41, 5.74) is 9.49. The van der Waals surface area contributed by atoms with Gasteiger partial charge in [-0.05, 0) is 41.3 Å². The van der Waals surface area contributed by atoms with Crippen LogP contribution in [-0.2, 0) is 13.0 Å². The van der Waals surface area contributed by atoms with Gasteiger partial charge in [-0.2, -0.15) is 0 Å². The molecule has 4 rings (SSSR count). The van der Waals surface area contributed by atoms with E-state index in [9.17, 15) is 9.18 Å². The molecule has 1 amide bonds. The van der Waals surface area contributed by atoms with E-state index in [2.05, 4.69) is 15.3 Å². The minimum absolute atomic E-state index is 0.0854. The van der Waals surface area contributed by atoms with Crippen molar-refractivity contribution in [1.29, 1.82) is 0 Å². The van der Waals surface area contributed by atoms with Crippen molar-refractivity contribution in [2.75, 3.05) is 12.8 Å². The smallest absolute Gasteiger partial charge is 0.273 e.